The number of methoxy groups -OCH3 is 1. The lowest BCUT2D eigenvalue weighted by atomic mass is 10.1. The van der Waals surface area contributed by atoms with Gasteiger partial charge in [0.25, 0.3) is 11.5 Å². The first-order valence-electron chi connectivity index (χ1n) is 9.29. The lowest BCUT2D eigenvalue weighted by molar-refractivity contribution is 0.0951. The Morgan fingerprint density at radius 3 is 2.80 bits per heavy atom. The van der Waals surface area contributed by atoms with Gasteiger partial charge in [-0.15, -0.1) is 0 Å². The minimum absolute atomic E-state index is 0.0819. The highest BCUT2D eigenvalue weighted by Gasteiger charge is 2.15. The maximum atomic E-state index is 14.2. The molecule has 1 aromatic carbocycles. The molecule has 2 heterocycles. The van der Waals surface area contributed by atoms with Gasteiger partial charge >= 0.3 is 0 Å². The normalized spacial score (nSPS) is 10.6. The molecule has 0 atom stereocenters. The molecule has 2 N–H and O–H groups in total. The Kier molecular flexibility index (Phi) is 6.72. The Bertz CT molecular complexity index is 1130. The van der Waals surface area contributed by atoms with Gasteiger partial charge in [0.15, 0.2) is 5.82 Å². The molecule has 1 amide bonds. The SMILES string of the molecule is COCCCCNC(=O)c1ccc(-n2[nH]cc(-c3ccc(C#N)cc3F)c2=O)nc1. The van der Waals surface area contributed by atoms with Crippen LogP contribution in [-0.2, 0) is 4.74 Å². The number of aromatic nitrogens is 3. The first-order chi connectivity index (χ1) is 14.5. The predicted molar refractivity (Wildman–Crippen MR) is 108 cm³/mol. The largest absolute Gasteiger partial charge is 0.385 e. The average molecular weight is 409 g/mol. The van der Waals surface area contributed by atoms with Crippen LogP contribution in [-0.4, -0.2) is 40.9 Å². The van der Waals surface area contributed by atoms with Crippen molar-refractivity contribution in [2.24, 2.45) is 0 Å². The van der Waals surface area contributed by atoms with Crippen molar-refractivity contribution in [1.29, 1.82) is 5.26 Å². The van der Waals surface area contributed by atoms with Crippen molar-refractivity contribution < 1.29 is 13.9 Å². The highest BCUT2D eigenvalue weighted by atomic mass is 19.1. The third-order valence-electron chi connectivity index (χ3n) is 4.46. The van der Waals surface area contributed by atoms with Crippen molar-refractivity contribution in [3.8, 4) is 23.0 Å². The number of nitrogens with one attached hydrogen (secondary N) is 2. The molecule has 3 rings (SSSR count). The topological polar surface area (TPSA) is 113 Å². The fourth-order valence-corrected chi connectivity index (χ4v) is 2.86. The number of amides is 1. The van der Waals surface area contributed by atoms with Crippen LogP contribution >= 0.6 is 0 Å². The van der Waals surface area contributed by atoms with Crippen molar-refractivity contribution in [3.63, 3.8) is 0 Å². The van der Waals surface area contributed by atoms with Crippen LogP contribution in [0.15, 0.2) is 47.5 Å². The molecule has 2 aromatic heterocycles. The second-order valence-electron chi connectivity index (χ2n) is 6.49. The van der Waals surface area contributed by atoms with Crippen LogP contribution in [0.5, 0.6) is 0 Å². The molecule has 0 spiro atoms. The molecule has 0 aliphatic rings. The zero-order chi connectivity index (χ0) is 21.5. The van der Waals surface area contributed by atoms with Crippen molar-refractivity contribution in [1.82, 2.24) is 20.1 Å². The third kappa shape index (κ3) is 4.61. The number of H-pyrrole nitrogens is 1. The molecule has 3 aromatic rings. The predicted octanol–water partition coefficient (Wildman–Crippen LogP) is 2.39. The maximum absolute atomic E-state index is 14.2. The van der Waals surface area contributed by atoms with E-state index >= 15 is 0 Å². The zero-order valence-electron chi connectivity index (χ0n) is 16.3. The molecular weight excluding hydrogens is 389 g/mol. The van der Waals surface area contributed by atoms with E-state index in [1.807, 2.05) is 6.07 Å². The zero-order valence-corrected chi connectivity index (χ0v) is 16.3. The number of nitriles is 1. The summed E-state index contributed by atoms with van der Waals surface area (Å²) >= 11 is 0. The number of ether oxygens (including phenoxy) is 1. The Morgan fingerprint density at radius 2 is 2.13 bits per heavy atom. The monoisotopic (exact) mass is 409 g/mol. The van der Waals surface area contributed by atoms with E-state index in [4.69, 9.17) is 10.00 Å². The number of carbonyl (C=O) groups excluding carboxylic acids is 1. The molecule has 0 aliphatic heterocycles. The summed E-state index contributed by atoms with van der Waals surface area (Å²) in [5.74, 6) is -0.662. The van der Waals surface area contributed by atoms with Gasteiger partial charge in [0, 0.05) is 38.2 Å². The Labute approximate surface area is 171 Å². The van der Waals surface area contributed by atoms with E-state index in [-0.39, 0.29) is 28.4 Å². The average Bonchev–Trinajstić information content (AvgIpc) is 3.14. The molecule has 154 valence electrons. The number of hydrogen-bond acceptors (Lipinski definition) is 5. The van der Waals surface area contributed by atoms with Gasteiger partial charge in [-0.25, -0.2) is 14.1 Å². The third-order valence-corrected chi connectivity index (χ3v) is 4.46. The van der Waals surface area contributed by atoms with Gasteiger partial charge in [-0.3, -0.25) is 14.7 Å². The summed E-state index contributed by atoms with van der Waals surface area (Å²) in [5.41, 5.74) is 0.224. The van der Waals surface area contributed by atoms with E-state index in [1.54, 1.807) is 13.2 Å². The number of rotatable bonds is 8. The van der Waals surface area contributed by atoms with Crippen molar-refractivity contribution in [3.05, 3.63) is 70.0 Å². The summed E-state index contributed by atoms with van der Waals surface area (Å²) in [4.78, 5) is 29.0. The molecule has 30 heavy (non-hydrogen) atoms. The lowest BCUT2D eigenvalue weighted by Gasteiger charge is -2.06. The summed E-state index contributed by atoms with van der Waals surface area (Å²) < 4.78 is 20.4. The standard InChI is InChI=1S/C21H20FN5O3/c1-30-9-3-2-8-24-20(28)15-5-7-19(25-12-15)27-21(29)17(13-26-27)16-6-4-14(11-23)10-18(16)22/h4-7,10,12-13,26H,2-3,8-9H2,1H3,(H,24,28). The van der Waals surface area contributed by atoms with Gasteiger partial charge < -0.3 is 10.1 Å². The Hall–Kier alpha value is -3.77. The van der Waals surface area contributed by atoms with Crippen LogP contribution in [0.25, 0.3) is 16.9 Å². The van der Waals surface area contributed by atoms with E-state index in [9.17, 15) is 14.0 Å². The summed E-state index contributed by atoms with van der Waals surface area (Å²) in [6.07, 6.45) is 4.40. The van der Waals surface area contributed by atoms with Gasteiger partial charge in [0.05, 0.1) is 22.8 Å². The van der Waals surface area contributed by atoms with E-state index in [2.05, 4.69) is 15.4 Å². The van der Waals surface area contributed by atoms with Gasteiger partial charge in [-0.05, 0) is 43.2 Å². The summed E-state index contributed by atoms with van der Waals surface area (Å²) in [6.45, 7) is 1.17. The number of hydrogen-bond donors (Lipinski definition) is 2. The second kappa shape index (κ2) is 9.62. The summed E-state index contributed by atoms with van der Waals surface area (Å²) in [6, 6.07) is 8.83. The number of carbonyl (C=O) groups is 1. The Balaban J connectivity index is 1.74. The quantitative estimate of drug-likeness (QED) is 0.555. The lowest BCUT2D eigenvalue weighted by Crippen LogP contribution is -2.25. The molecule has 0 saturated heterocycles. The summed E-state index contributed by atoms with van der Waals surface area (Å²) in [7, 11) is 1.63. The molecule has 0 unspecified atom stereocenters. The number of unbranched alkanes of at least 4 members (excludes halogenated alkanes) is 1. The highest BCUT2D eigenvalue weighted by molar-refractivity contribution is 5.93. The van der Waals surface area contributed by atoms with Gasteiger partial charge in [0.2, 0.25) is 0 Å². The van der Waals surface area contributed by atoms with Crippen LogP contribution in [0.1, 0.15) is 28.8 Å². The first kappa shape index (κ1) is 21.0. The number of nitrogens with zero attached hydrogens (tertiary/aromatic N) is 3. The van der Waals surface area contributed by atoms with Crippen LogP contribution in [0, 0.1) is 17.1 Å². The van der Waals surface area contributed by atoms with Crippen molar-refractivity contribution >= 4 is 5.91 Å². The van der Waals surface area contributed by atoms with Gasteiger partial charge in [-0.2, -0.15) is 5.26 Å². The van der Waals surface area contributed by atoms with Crippen LogP contribution in [0.4, 0.5) is 4.39 Å². The minimum Gasteiger partial charge on any atom is -0.385 e. The smallest absolute Gasteiger partial charge is 0.280 e. The molecule has 9 heteroatoms. The molecule has 0 aliphatic carbocycles. The van der Waals surface area contributed by atoms with Crippen molar-refractivity contribution in [2.45, 2.75) is 12.8 Å². The fraction of sp³-hybridized carbons (Fsp3) is 0.238. The van der Waals surface area contributed by atoms with Crippen LogP contribution in [0.3, 0.4) is 0 Å². The highest BCUT2D eigenvalue weighted by Crippen LogP contribution is 2.20. The van der Waals surface area contributed by atoms with Crippen molar-refractivity contribution in [2.75, 3.05) is 20.3 Å². The van der Waals surface area contributed by atoms with E-state index in [0.29, 0.717) is 18.7 Å². The second-order valence-corrected chi connectivity index (χ2v) is 6.49. The molecule has 0 bridgehead atoms. The van der Waals surface area contributed by atoms with E-state index in [1.165, 1.54) is 30.6 Å². The number of pyridine rings is 1. The Morgan fingerprint density at radius 1 is 1.30 bits per heavy atom. The van der Waals surface area contributed by atoms with E-state index in [0.717, 1.165) is 23.6 Å². The van der Waals surface area contributed by atoms with Gasteiger partial charge in [-0.1, -0.05) is 0 Å². The molecular formula is C21H20FN5O3. The number of halogens is 1. The van der Waals surface area contributed by atoms with Crippen LogP contribution < -0.4 is 10.9 Å². The fourth-order valence-electron chi connectivity index (χ4n) is 2.86. The van der Waals surface area contributed by atoms with Crippen LogP contribution in [0.2, 0.25) is 0 Å². The number of aromatic amines is 1. The minimum atomic E-state index is -0.664. The molecule has 0 radical (unpaired) electrons. The van der Waals surface area contributed by atoms with E-state index < -0.39 is 11.4 Å². The van der Waals surface area contributed by atoms with Gasteiger partial charge in [0.1, 0.15) is 5.82 Å². The molecule has 8 nitrogen and oxygen atoms in total. The summed E-state index contributed by atoms with van der Waals surface area (Å²) in [5, 5.41) is 14.4. The first-order valence-corrected chi connectivity index (χ1v) is 9.29. The molecule has 0 saturated carbocycles. The molecule has 0 fully saturated rings. The maximum Gasteiger partial charge on any atom is 0.280 e. The number of benzene rings is 1.